The van der Waals surface area contributed by atoms with Crippen molar-refractivity contribution in [3.05, 3.63) is 78.1 Å². The minimum Gasteiger partial charge on any atom is -0.455 e. The molecule has 3 aromatic rings. The number of carbonyl (C=O) groups is 1. The number of hydrogen-bond donors (Lipinski definition) is 2. The van der Waals surface area contributed by atoms with Crippen molar-refractivity contribution in [1.82, 2.24) is 0 Å². The summed E-state index contributed by atoms with van der Waals surface area (Å²) < 4.78 is 19.5. The molecule has 0 fully saturated rings. The Balaban J connectivity index is 1.77. The van der Waals surface area contributed by atoms with Gasteiger partial charge in [-0.25, -0.2) is 4.39 Å². The first-order valence-corrected chi connectivity index (χ1v) is 11.6. The maximum atomic E-state index is 13.6. The molecule has 1 amide bonds. The summed E-state index contributed by atoms with van der Waals surface area (Å²) in [5, 5.41) is 10.2. The van der Waals surface area contributed by atoms with Crippen LogP contribution in [0.4, 0.5) is 15.8 Å². The van der Waals surface area contributed by atoms with Gasteiger partial charge in [0.25, 0.3) is 0 Å². The molecule has 5 nitrogen and oxygen atoms in total. The first kappa shape index (κ1) is 24.2. The van der Waals surface area contributed by atoms with Gasteiger partial charge >= 0.3 is 0 Å². The van der Waals surface area contributed by atoms with Crippen LogP contribution < -0.4 is 10.1 Å². The molecule has 0 spiro atoms. The van der Waals surface area contributed by atoms with Gasteiger partial charge in [-0.3, -0.25) is 9.79 Å². The SMILES string of the molecule is CCSc1ccc(CC(=O)Nc2ccc(N=CC(C)C=N)c(Oc3cccc(F)c3)c2)cc1. The number of amides is 1. The molecule has 1 atom stereocenters. The average Bonchev–Trinajstić information content (AvgIpc) is 2.80. The fourth-order valence-corrected chi connectivity index (χ4v) is 3.60. The molecule has 0 bridgehead atoms. The molecule has 3 aromatic carbocycles. The topological polar surface area (TPSA) is 74.5 Å². The summed E-state index contributed by atoms with van der Waals surface area (Å²) in [5.74, 6) is 0.973. The standard InChI is InChI=1S/C26H26FN3O2S/c1-3-33-23-10-7-19(8-11-23)13-26(31)30-21-9-12-24(29-17-18(2)16-28)25(15-21)32-22-6-4-5-20(27)14-22/h4-12,14-18,28H,3,13H2,1-2H3,(H,30,31). The third kappa shape index (κ3) is 7.57. The van der Waals surface area contributed by atoms with Crippen molar-refractivity contribution in [2.45, 2.75) is 25.2 Å². The molecule has 1 unspecified atom stereocenters. The molecule has 0 aliphatic heterocycles. The molecule has 0 aromatic heterocycles. The molecule has 33 heavy (non-hydrogen) atoms. The van der Waals surface area contributed by atoms with Gasteiger partial charge < -0.3 is 15.5 Å². The van der Waals surface area contributed by atoms with Gasteiger partial charge in [0.15, 0.2) is 5.75 Å². The van der Waals surface area contributed by atoms with E-state index in [1.165, 1.54) is 23.2 Å². The van der Waals surface area contributed by atoms with Crippen molar-refractivity contribution in [2.24, 2.45) is 10.9 Å². The van der Waals surface area contributed by atoms with Gasteiger partial charge in [-0.15, -0.1) is 11.8 Å². The first-order valence-electron chi connectivity index (χ1n) is 10.6. The Morgan fingerprint density at radius 1 is 1.18 bits per heavy atom. The zero-order valence-electron chi connectivity index (χ0n) is 18.5. The number of carbonyl (C=O) groups excluding carboxylic acids is 1. The van der Waals surface area contributed by atoms with E-state index in [1.807, 2.05) is 31.2 Å². The number of hydrogen-bond acceptors (Lipinski definition) is 5. The Morgan fingerprint density at radius 3 is 2.67 bits per heavy atom. The zero-order valence-corrected chi connectivity index (χ0v) is 19.4. The Kier molecular flexibility index (Phi) is 8.78. The quantitative estimate of drug-likeness (QED) is 0.254. The highest BCUT2D eigenvalue weighted by Gasteiger charge is 2.10. The Hall–Kier alpha value is -3.45. The number of thioether (sulfide) groups is 1. The number of halogens is 1. The van der Waals surface area contributed by atoms with Crippen molar-refractivity contribution in [3.63, 3.8) is 0 Å². The van der Waals surface area contributed by atoms with E-state index in [2.05, 4.69) is 17.2 Å². The number of benzene rings is 3. The van der Waals surface area contributed by atoms with Gasteiger partial charge in [0.2, 0.25) is 5.91 Å². The fraction of sp³-hybridized carbons (Fsp3) is 0.192. The van der Waals surface area contributed by atoms with E-state index in [4.69, 9.17) is 10.1 Å². The van der Waals surface area contributed by atoms with E-state index in [1.54, 1.807) is 48.3 Å². The predicted octanol–water partition coefficient (Wildman–Crippen LogP) is 6.90. The van der Waals surface area contributed by atoms with E-state index in [0.717, 1.165) is 11.3 Å². The lowest BCUT2D eigenvalue weighted by Crippen LogP contribution is -2.14. The van der Waals surface area contributed by atoms with E-state index in [0.29, 0.717) is 22.9 Å². The van der Waals surface area contributed by atoms with Gasteiger partial charge in [0.1, 0.15) is 17.3 Å². The summed E-state index contributed by atoms with van der Waals surface area (Å²) >= 11 is 1.76. The van der Waals surface area contributed by atoms with E-state index < -0.39 is 5.82 Å². The van der Waals surface area contributed by atoms with Crippen LogP contribution in [-0.2, 0) is 11.2 Å². The second-order valence-electron chi connectivity index (χ2n) is 7.35. The highest BCUT2D eigenvalue weighted by molar-refractivity contribution is 7.99. The lowest BCUT2D eigenvalue weighted by molar-refractivity contribution is -0.115. The molecule has 0 saturated carbocycles. The van der Waals surface area contributed by atoms with Crippen molar-refractivity contribution >= 4 is 41.5 Å². The Bertz CT molecular complexity index is 1130. The molecule has 0 heterocycles. The summed E-state index contributed by atoms with van der Waals surface area (Å²) in [6.45, 7) is 3.94. The van der Waals surface area contributed by atoms with E-state index in [-0.39, 0.29) is 18.2 Å². The highest BCUT2D eigenvalue weighted by Crippen LogP contribution is 2.34. The van der Waals surface area contributed by atoms with Crippen molar-refractivity contribution < 1.29 is 13.9 Å². The number of ether oxygens (including phenoxy) is 1. The Morgan fingerprint density at radius 2 is 1.97 bits per heavy atom. The van der Waals surface area contributed by atoms with Gasteiger partial charge in [-0.05, 0) is 47.7 Å². The van der Waals surface area contributed by atoms with Crippen LogP contribution in [0.5, 0.6) is 11.5 Å². The van der Waals surface area contributed by atoms with Gasteiger partial charge in [0.05, 0.1) is 6.42 Å². The molecular formula is C26H26FN3O2S. The second-order valence-corrected chi connectivity index (χ2v) is 8.69. The molecule has 0 aliphatic rings. The molecule has 3 rings (SSSR count). The van der Waals surface area contributed by atoms with Crippen LogP contribution in [0.15, 0.2) is 76.6 Å². The largest absolute Gasteiger partial charge is 0.455 e. The van der Waals surface area contributed by atoms with Crippen LogP contribution in [-0.4, -0.2) is 24.1 Å². The lowest BCUT2D eigenvalue weighted by atomic mass is 10.1. The smallest absolute Gasteiger partial charge is 0.228 e. The molecular weight excluding hydrogens is 437 g/mol. The van der Waals surface area contributed by atoms with E-state index >= 15 is 0 Å². The summed E-state index contributed by atoms with van der Waals surface area (Å²) in [5.41, 5.74) is 1.98. The monoisotopic (exact) mass is 463 g/mol. The zero-order chi connectivity index (χ0) is 23.6. The molecule has 0 radical (unpaired) electrons. The Labute approximate surface area is 197 Å². The van der Waals surface area contributed by atoms with E-state index in [9.17, 15) is 9.18 Å². The van der Waals surface area contributed by atoms with Crippen LogP contribution in [0.2, 0.25) is 0 Å². The molecule has 2 N–H and O–H groups in total. The normalized spacial score (nSPS) is 11.8. The minimum absolute atomic E-state index is 0.145. The summed E-state index contributed by atoms with van der Waals surface area (Å²) in [6, 6.07) is 18.9. The number of nitrogens with zero attached hydrogens (tertiary/aromatic N) is 1. The number of rotatable bonds is 10. The van der Waals surface area contributed by atoms with Crippen LogP contribution in [0.3, 0.4) is 0 Å². The molecule has 7 heteroatoms. The minimum atomic E-state index is -0.414. The maximum absolute atomic E-state index is 13.6. The van der Waals surface area contributed by atoms with Crippen LogP contribution >= 0.6 is 11.8 Å². The lowest BCUT2D eigenvalue weighted by Gasteiger charge is -2.12. The number of aliphatic imine (C=N–C) groups is 1. The van der Waals surface area contributed by atoms with Crippen molar-refractivity contribution in [2.75, 3.05) is 11.1 Å². The van der Waals surface area contributed by atoms with Gasteiger partial charge in [-0.2, -0.15) is 0 Å². The summed E-state index contributed by atoms with van der Waals surface area (Å²) in [6.07, 6.45) is 3.14. The van der Waals surface area contributed by atoms with Gasteiger partial charge in [-0.1, -0.05) is 32.0 Å². The third-order valence-corrected chi connectivity index (χ3v) is 5.47. The maximum Gasteiger partial charge on any atom is 0.228 e. The van der Waals surface area contributed by atoms with Crippen LogP contribution in [0, 0.1) is 17.1 Å². The summed E-state index contributed by atoms with van der Waals surface area (Å²) in [7, 11) is 0. The first-order chi connectivity index (χ1) is 16.0. The van der Waals surface area contributed by atoms with Crippen molar-refractivity contribution in [1.29, 1.82) is 5.41 Å². The third-order valence-electron chi connectivity index (χ3n) is 4.58. The van der Waals surface area contributed by atoms with Crippen LogP contribution in [0.1, 0.15) is 19.4 Å². The van der Waals surface area contributed by atoms with Gasteiger partial charge in [0, 0.05) is 41.1 Å². The number of anilines is 1. The van der Waals surface area contributed by atoms with Crippen LogP contribution in [0.25, 0.3) is 0 Å². The molecule has 0 aliphatic carbocycles. The molecule has 170 valence electrons. The predicted molar refractivity (Wildman–Crippen MR) is 134 cm³/mol. The average molecular weight is 464 g/mol. The second kappa shape index (κ2) is 12.0. The van der Waals surface area contributed by atoms with Crippen molar-refractivity contribution in [3.8, 4) is 11.5 Å². The number of nitrogens with one attached hydrogen (secondary N) is 2. The summed E-state index contributed by atoms with van der Waals surface area (Å²) in [4.78, 5) is 18.2. The molecule has 0 saturated heterocycles. The highest BCUT2D eigenvalue weighted by atomic mass is 32.2. The fourth-order valence-electron chi connectivity index (χ4n) is 2.94.